The van der Waals surface area contributed by atoms with Crippen molar-refractivity contribution in [2.24, 2.45) is 10.8 Å². The number of carbonyl (C=O) groups is 2. The largest absolute Gasteiger partial charge is 0.481 e. The summed E-state index contributed by atoms with van der Waals surface area (Å²) in [4.78, 5) is 21.6. The van der Waals surface area contributed by atoms with Crippen molar-refractivity contribution in [3.05, 3.63) is 0 Å². The van der Waals surface area contributed by atoms with Crippen molar-refractivity contribution >= 4 is 11.9 Å². The Morgan fingerprint density at radius 2 is 1.12 bits per heavy atom. The third-order valence-electron chi connectivity index (χ3n) is 2.76. The molecular formula is C11H20O4Y. The van der Waals surface area contributed by atoms with Crippen molar-refractivity contribution in [3.63, 3.8) is 0 Å². The molecule has 0 heterocycles. The van der Waals surface area contributed by atoms with Gasteiger partial charge in [0.2, 0.25) is 0 Å². The van der Waals surface area contributed by atoms with Crippen molar-refractivity contribution < 1.29 is 52.5 Å². The van der Waals surface area contributed by atoms with Crippen LogP contribution in [0.15, 0.2) is 0 Å². The molecule has 0 rings (SSSR count). The number of aliphatic carboxylic acids is 2. The Balaban J connectivity index is 0. The fraction of sp³-hybridized carbons (Fsp3) is 0.818. The summed E-state index contributed by atoms with van der Waals surface area (Å²) < 4.78 is 0. The van der Waals surface area contributed by atoms with Crippen LogP contribution in [0.25, 0.3) is 0 Å². The molecule has 0 saturated carbocycles. The summed E-state index contributed by atoms with van der Waals surface area (Å²) in [5.74, 6) is -1.67. The summed E-state index contributed by atoms with van der Waals surface area (Å²) in [6.07, 6.45) is 1.61. The SMILES string of the molecule is CC(C)(CCCC(C)(C)C(=O)O)C(=O)O.[Y]. The van der Waals surface area contributed by atoms with Crippen LogP contribution in [0.1, 0.15) is 47.0 Å². The molecule has 0 fully saturated rings. The van der Waals surface area contributed by atoms with Crippen molar-refractivity contribution in [1.29, 1.82) is 0 Å². The first-order chi connectivity index (χ1) is 6.59. The quantitative estimate of drug-likeness (QED) is 0.790. The Morgan fingerprint density at radius 1 is 0.875 bits per heavy atom. The third kappa shape index (κ3) is 5.95. The van der Waals surface area contributed by atoms with Crippen LogP contribution in [-0.2, 0) is 42.3 Å². The Kier molecular flexibility index (Phi) is 7.71. The van der Waals surface area contributed by atoms with Crippen LogP contribution in [-0.4, -0.2) is 22.2 Å². The van der Waals surface area contributed by atoms with Crippen LogP contribution in [0.3, 0.4) is 0 Å². The molecular weight excluding hydrogens is 285 g/mol. The Bertz CT molecular complexity index is 233. The standard InChI is InChI=1S/C11H20O4.Y/c1-10(2,8(12)13)6-5-7-11(3,4)9(14)15;/h5-7H2,1-4H3,(H,12,13)(H,14,15);. The third-order valence-corrected chi connectivity index (χ3v) is 2.76. The van der Waals surface area contributed by atoms with Crippen molar-refractivity contribution in [2.75, 3.05) is 0 Å². The van der Waals surface area contributed by atoms with Gasteiger partial charge < -0.3 is 10.2 Å². The Labute approximate surface area is 122 Å². The van der Waals surface area contributed by atoms with E-state index in [1.165, 1.54) is 0 Å². The zero-order chi connectivity index (χ0) is 12.3. The maximum atomic E-state index is 10.8. The minimum absolute atomic E-state index is 0. The van der Waals surface area contributed by atoms with Gasteiger partial charge >= 0.3 is 11.9 Å². The Morgan fingerprint density at radius 3 is 1.31 bits per heavy atom. The summed E-state index contributed by atoms with van der Waals surface area (Å²) >= 11 is 0. The molecule has 4 nitrogen and oxygen atoms in total. The summed E-state index contributed by atoms with van der Waals surface area (Å²) in [6, 6.07) is 0. The van der Waals surface area contributed by atoms with E-state index in [4.69, 9.17) is 10.2 Å². The van der Waals surface area contributed by atoms with E-state index in [1.807, 2.05) is 0 Å². The van der Waals surface area contributed by atoms with Gasteiger partial charge in [-0.15, -0.1) is 0 Å². The van der Waals surface area contributed by atoms with E-state index in [0.29, 0.717) is 19.3 Å². The summed E-state index contributed by atoms with van der Waals surface area (Å²) in [5, 5.41) is 17.7. The van der Waals surface area contributed by atoms with E-state index < -0.39 is 22.8 Å². The molecule has 0 aromatic rings. The molecule has 0 aromatic heterocycles. The van der Waals surface area contributed by atoms with Crippen LogP contribution in [0.4, 0.5) is 0 Å². The van der Waals surface area contributed by atoms with Crippen LogP contribution in [0, 0.1) is 10.8 Å². The molecule has 0 spiro atoms. The van der Waals surface area contributed by atoms with Crippen LogP contribution in [0.2, 0.25) is 0 Å². The predicted molar refractivity (Wildman–Crippen MR) is 56.7 cm³/mol. The molecule has 0 amide bonds. The summed E-state index contributed by atoms with van der Waals surface area (Å²) in [7, 11) is 0. The monoisotopic (exact) mass is 305 g/mol. The predicted octanol–water partition coefficient (Wildman–Crippen LogP) is 2.38. The fourth-order valence-corrected chi connectivity index (χ4v) is 1.19. The molecule has 0 aliphatic heterocycles. The van der Waals surface area contributed by atoms with Gasteiger partial charge in [-0.25, -0.2) is 0 Å². The summed E-state index contributed by atoms with van der Waals surface area (Å²) in [5.41, 5.74) is -1.54. The van der Waals surface area contributed by atoms with Gasteiger partial charge in [-0.3, -0.25) is 9.59 Å². The van der Waals surface area contributed by atoms with Gasteiger partial charge in [0.25, 0.3) is 0 Å². The van der Waals surface area contributed by atoms with Crippen molar-refractivity contribution in [2.45, 2.75) is 47.0 Å². The average Bonchev–Trinajstić information content (AvgIpc) is 2.02. The number of rotatable bonds is 6. The van der Waals surface area contributed by atoms with Gasteiger partial charge in [0.15, 0.2) is 0 Å². The second-order valence-electron chi connectivity index (χ2n) is 5.23. The Hall–Kier alpha value is 0.0439. The molecule has 0 atom stereocenters. The van der Waals surface area contributed by atoms with Crippen LogP contribution in [0.5, 0.6) is 0 Å². The molecule has 0 aliphatic carbocycles. The zero-order valence-corrected chi connectivity index (χ0v) is 13.2. The second-order valence-corrected chi connectivity index (χ2v) is 5.23. The minimum Gasteiger partial charge on any atom is -0.481 e. The topological polar surface area (TPSA) is 74.6 Å². The molecule has 16 heavy (non-hydrogen) atoms. The molecule has 0 aliphatic rings. The first-order valence-corrected chi connectivity index (χ1v) is 5.06. The maximum Gasteiger partial charge on any atom is 0.309 e. The van der Waals surface area contributed by atoms with Gasteiger partial charge in [0.05, 0.1) is 10.8 Å². The van der Waals surface area contributed by atoms with Gasteiger partial charge in [0.1, 0.15) is 0 Å². The molecule has 0 aromatic carbocycles. The fourth-order valence-electron chi connectivity index (χ4n) is 1.19. The van der Waals surface area contributed by atoms with E-state index in [0.717, 1.165) is 0 Å². The van der Waals surface area contributed by atoms with Gasteiger partial charge in [0, 0.05) is 32.7 Å². The average molecular weight is 305 g/mol. The zero-order valence-electron chi connectivity index (χ0n) is 10.4. The van der Waals surface area contributed by atoms with Gasteiger partial charge in [-0.05, 0) is 40.5 Å². The van der Waals surface area contributed by atoms with Crippen LogP contribution < -0.4 is 0 Å². The van der Waals surface area contributed by atoms with Crippen LogP contribution >= 0.6 is 0 Å². The first kappa shape index (κ1) is 18.4. The number of carboxylic acids is 2. The van der Waals surface area contributed by atoms with E-state index in [-0.39, 0.29) is 32.7 Å². The summed E-state index contributed by atoms with van der Waals surface area (Å²) in [6.45, 7) is 6.62. The van der Waals surface area contributed by atoms with E-state index in [2.05, 4.69) is 0 Å². The molecule has 0 bridgehead atoms. The molecule has 1 radical (unpaired) electrons. The van der Waals surface area contributed by atoms with E-state index in [9.17, 15) is 9.59 Å². The molecule has 0 saturated heterocycles. The van der Waals surface area contributed by atoms with E-state index >= 15 is 0 Å². The van der Waals surface area contributed by atoms with E-state index in [1.54, 1.807) is 27.7 Å². The minimum atomic E-state index is -0.837. The maximum absolute atomic E-state index is 10.8. The normalized spacial score (nSPS) is 11.8. The van der Waals surface area contributed by atoms with Crippen molar-refractivity contribution in [3.8, 4) is 0 Å². The number of carboxylic acid groups (broad SMARTS) is 2. The number of hydrogen-bond donors (Lipinski definition) is 2. The first-order valence-electron chi connectivity index (χ1n) is 5.06. The molecule has 91 valence electrons. The van der Waals surface area contributed by atoms with Gasteiger partial charge in [-0.1, -0.05) is 6.42 Å². The smallest absolute Gasteiger partial charge is 0.309 e. The second kappa shape index (κ2) is 6.70. The molecule has 2 N–H and O–H groups in total. The number of hydrogen-bond acceptors (Lipinski definition) is 2. The van der Waals surface area contributed by atoms with Crippen molar-refractivity contribution in [1.82, 2.24) is 0 Å². The van der Waals surface area contributed by atoms with Gasteiger partial charge in [-0.2, -0.15) is 0 Å². The molecule has 0 unspecified atom stereocenters. The molecule has 5 heteroatoms.